The highest BCUT2D eigenvalue weighted by molar-refractivity contribution is 7.92. The summed E-state index contributed by atoms with van der Waals surface area (Å²) in [5.74, 6) is -0.599. The number of benzene rings is 3. The Morgan fingerprint density at radius 3 is 2.38 bits per heavy atom. The maximum atomic E-state index is 14.0. The monoisotopic (exact) mass is 571 g/mol. The van der Waals surface area contributed by atoms with Gasteiger partial charge in [-0.3, -0.25) is 13.9 Å². The number of hydrogen-bond acceptors (Lipinski definition) is 5. The largest absolute Gasteiger partial charge is 0.495 e. The van der Waals surface area contributed by atoms with E-state index in [1.54, 1.807) is 67.6 Å². The predicted octanol–water partition coefficient (Wildman–Crippen LogP) is 4.80. The summed E-state index contributed by atoms with van der Waals surface area (Å²) in [5.41, 5.74) is 1.71. The van der Waals surface area contributed by atoms with Gasteiger partial charge >= 0.3 is 0 Å². The van der Waals surface area contributed by atoms with Gasteiger partial charge < -0.3 is 15.0 Å². The van der Waals surface area contributed by atoms with Gasteiger partial charge in [-0.1, -0.05) is 54.9 Å². The van der Waals surface area contributed by atoms with E-state index < -0.39 is 28.5 Å². The summed E-state index contributed by atoms with van der Waals surface area (Å²) >= 11 is 6.17. The van der Waals surface area contributed by atoms with Crippen molar-refractivity contribution in [2.24, 2.45) is 0 Å². The molecule has 8 nitrogen and oxygen atoms in total. The van der Waals surface area contributed by atoms with Gasteiger partial charge in [-0.15, -0.1) is 0 Å². The van der Waals surface area contributed by atoms with Crippen LogP contribution in [0.4, 0.5) is 5.69 Å². The van der Waals surface area contributed by atoms with Crippen molar-refractivity contribution in [1.29, 1.82) is 0 Å². The summed E-state index contributed by atoms with van der Waals surface area (Å²) < 4.78 is 34.4. The molecular formula is C29H34ClN3O5S. The summed E-state index contributed by atoms with van der Waals surface area (Å²) in [6, 6.07) is 19.1. The van der Waals surface area contributed by atoms with E-state index in [9.17, 15) is 18.0 Å². The lowest BCUT2D eigenvalue weighted by atomic mass is 10.1. The molecule has 1 N–H and O–H groups in total. The minimum Gasteiger partial charge on any atom is -0.495 e. The van der Waals surface area contributed by atoms with Crippen LogP contribution in [0.15, 0.2) is 77.7 Å². The van der Waals surface area contributed by atoms with Crippen LogP contribution < -0.4 is 14.4 Å². The number of methoxy groups -OCH3 is 1. The van der Waals surface area contributed by atoms with Crippen molar-refractivity contribution in [2.45, 2.75) is 44.7 Å². The molecule has 0 fully saturated rings. The average molecular weight is 572 g/mol. The van der Waals surface area contributed by atoms with Gasteiger partial charge in [0.1, 0.15) is 18.3 Å². The smallest absolute Gasteiger partial charge is 0.264 e. The van der Waals surface area contributed by atoms with Crippen molar-refractivity contribution >= 4 is 39.1 Å². The Labute approximate surface area is 235 Å². The van der Waals surface area contributed by atoms with Crippen LogP contribution in [0.2, 0.25) is 5.02 Å². The molecule has 0 aliphatic rings. The molecule has 0 aromatic heterocycles. The van der Waals surface area contributed by atoms with Crippen LogP contribution in [0.5, 0.6) is 5.75 Å². The maximum absolute atomic E-state index is 14.0. The summed E-state index contributed by atoms with van der Waals surface area (Å²) in [5, 5.41) is 3.31. The van der Waals surface area contributed by atoms with E-state index in [-0.39, 0.29) is 23.0 Å². The molecule has 3 aromatic rings. The number of nitrogens with zero attached hydrogens (tertiary/aromatic N) is 2. The molecule has 0 spiro atoms. The SMILES string of the molecule is CCCNC(=O)[C@H](C)N(Cc1cccc(Cl)c1)C(=O)CN(c1cc(C)ccc1OC)S(=O)(=O)c1ccccc1. The molecule has 3 rings (SSSR count). The third-order valence-electron chi connectivity index (χ3n) is 6.17. The normalized spacial score (nSPS) is 11.9. The molecule has 0 aliphatic heterocycles. The Morgan fingerprint density at radius 1 is 1.03 bits per heavy atom. The van der Waals surface area contributed by atoms with Gasteiger partial charge in [-0.05, 0) is 67.8 Å². The lowest BCUT2D eigenvalue weighted by molar-refractivity contribution is -0.139. The Bertz CT molecular complexity index is 1400. The standard InChI is InChI=1S/C29H34ClN3O5S/c1-5-16-31-29(35)22(3)32(19-23-10-9-11-24(30)18-23)28(34)20-33(26-17-21(2)14-15-27(26)38-4)39(36,37)25-12-7-6-8-13-25/h6-15,17-18,22H,5,16,19-20H2,1-4H3,(H,31,35)/t22-/m0/s1. The number of carbonyl (C=O) groups excluding carboxylic acids is 2. The highest BCUT2D eigenvalue weighted by Crippen LogP contribution is 2.33. The molecule has 208 valence electrons. The molecule has 0 saturated carbocycles. The van der Waals surface area contributed by atoms with Crippen molar-refractivity contribution in [3.05, 3.63) is 88.9 Å². The topological polar surface area (TPSA) is 96.0 Å². The van der Waals surface area contributed by atoms with E-state index in [0.29, 0.717) is 22.9 Å². The fraction of sp³-hybridized carbons (Fsp3) is 0.310. The zero-order valence-electron chi connectivity index (χ0n) is 22.6. The van der Waals surface area contributed by atoms with Crippen molar-refractivity contribution in [2.75, 3.05) is 24.5 Å². The third kappa shape index (κ3) is 7.52. The lowest BCUT2D eigenvalue weighted by Gasteiger charge is -2.32. The van der Waals surface area contributed by atoms with E-state index in [4.69, 9.17) is 16.3 Å². The minimum absolute atomic E-state index is 0.0245. The van der Waals surface area contributed by atoms with Crippen LogP contribution in [0.25, 0.3) is 0 Å². The predicted molar refractivity (Wildman–Crippen MR) is 153 cm³/mol. The Hall–Kier alpha value is -3.56. The fourth-order valence-corrected chi connectivity index (χ4v) is 5.69. The molecule has 0 aliphatic carbocycles. The van der Waals surface area contributed by atoms with Crippen molar-refractivity contribution in [3.8, 4) is 5.75 Å². The van der Waals surface area contributed by atoms with Crippen molar-refractivity contribution in [3.63, 3.8) is 0 Å². The Kier molecular flexibility index (Phi) is 10.4. The lowest BCUT2D eigenvalue weighted by Crippen LogP contribution is -2.51. The summed E-state index contributed by atoms with van der Waals surface area (Å²) in [6.45, 7) is 5.34. The van der Waals surface area contributed by atoms with Crippen molar-refractivity contribution in [1.82, 2.24) is 10.2 Å². The van der Waals surface area contributed by atoms with E-state index in [0.717, 1.165) is 16.3 Å². The molecule has 10 heteroatoms. The highest BCUT2D eigenvalue weighted by Gasteiger charge is 2.33. The molecule has 0 heterocycles. The van der Waals surface area contributed by atoms with Crippen LogP contribution in [-0.2, 0) is 26.2 Å². The van der Waals surface area contributed by atoms with Gasteiger partial charge in [0.2, 0.25) is 11.8 Å². The maximum Gasteiger partial charge on any atom is 0.264 e. The number of sulfonamides is 1. The first kappa shape index (κ1) is 30.0. The number of ether oxygens (including phenoxy) is 1. The molecule has 0 radical (unpaired) electrons. The van der Waals surface area contributed by atoms with Crippen LogP contribution in [0.1, 0.15) is 31.4 Å². The second-order valence-electron chi connectivity index (χ2n) is 9.12. The summed E-state index contributed by atoms with van der Waals surface area (Å²) in [4.78, 5) is 28.3. The molecule has 1 atom stereocenters. The van der Waals surface area contributed by atoms with E-state index >= 15 is 0 Å². The van der Waals surface area contributed by atoms with Gasteiger partial charge in [0, 0.05) is 18.1 Å². The first-order valence-electron chi connectivity index (χ1n) is 12.6. The zero-order valence-corrected chi connectivity index (χ0v) is 24.1. The van der Waals surface area contributed by atoms with Gasteiger partial charge in [-0.25, -0.2) is 8.42 Å². The summed E-state index contributed by atoms with van der Waals surface area (Å²) in [7, 11) is -2.75. The summed E-state index contributed by atoms with van der Waals surface area (Å²) in [6.07, 6.45) is 0.733. The number of nitrogens with one attached hydrogen (secondary N) is 1. The molecule has 2 amide bonds. The third-order valence-corrected chi connectivity index (χ3v) is 8.18. The van der Waals surface area contributed by atoms with Gasteiger partial charge in [-0.2, -0.15) is 0 Å². The highest BCUT2D eigenvalue weighted by atomic mass is 35.5. The first-order chi connectivity index (χ1) is 18.6. The molecule has 0 bridgehead atoms. The van der Waals surface area contributed by atoms with Crippen molar-refractivity contribution < 1.29 is 22.7 Å². The number of rotatable bonds is 12. The van der Waals surface area contributed by atoms with E-state index in [1.165, 1.54) is 24.1 Å². The van der Waals surface area contributed by atoms with E-state index in [2.05, 4.69) is 5.32 Å². The number of aryl methyl sites for hydroxylation is 1. The number of amides is 2. The number of halogens is 1. The van der Waals surface area contributed by atoms with Crippen LogP contribution in [-0.4, -0.2) is 51.4 Å². The molecular weight excluding hydrogens is 538 g/mol. The second-order valence-corrected chi connectivity index (χ2v) is 11.4. The van der Waals surface area contributed by atoms with E-state index in [1.807, 2.05) is 13.8 Å². The molecule has 39 heavy (non-hydrogen) atoms. The number of hydrogen-bond donors (Lipinski definition) is 1. The average Bonchev–Trinajstić information content (AvgIpc) is 2.93. The molecule has 0 unspecified atom stereocenters. The van der Waals surface area contributed by atoms with Gasteiger partial charge in [0.15, 0.2) is 0 Å². The molecule has 3 aromatic carbocycles. The quantitative estimate of drug-likeness (QED) is 0.337. The zero-order chi connectivity index (χ0) is 28.6. The Balaban J connectivity index is 2.08. The first-order valence-corrected chi connectivity index (χ1v) is 14.4. The minimum atomic E-state index is -4.19. The van der Waals surface area contributed by atoms with Gasteiger partial charge in [0.25, 0.3) is 10.0 Å². The Morgan fingerprint density at radius 2 is 1.74 bits per heavy atom. The van der Waals surface area contributed by atoms with Crippen LogP contribution >= 0.6 is 11.6 Å². The van der Waals surface area contributed by atoms with Crippen LogP contribution in [0.3, 0.4) is 0 Å². The van der Waals surface area contributed by atoms with Gasteiger partial charge in [0.05, 0.1) is 17.7 Å². The molecule has 0 saturated heterocycles. The van der Waals surface area contributed by atoms with Crippen LogP contribution in [0, 0.1) is 6.92 Å². The fourth-order valence-electron chi connectivity index (χ4n) is 4.04. The second kappa shape index (κ2) is 13.5. The number of carbonyl (C=O) groups is 2. The number of anilines is 1.